The zero-order valence-electron chi connectivity index (χ0n) is 11.9. The number of nitrogens with zero attached hydrogens (tertiary/aromatic N) is 2. The number of sulfonamides is 1. The molecule has 1 aliphatic rings. The average molecular weight is 299 g/mol. The number of nitrogens with one attached hydrogen (secondary N) is 1. The Hall–Kier alpha value is -1.02. The molecule has 0 aromatic carbocycles. The average Bonchev–Trinajstić information content (AvgIpc) is 2.48. The van der Waals surface area contributed by atoms with Gasteiger partial charge in [0.25, 0.3) is 10.0 Å². The molecular weight excluding hydrogens is 278 g/mol. The van der Waals surface area contributed by atoms with Gasteiger partial charge in [-0.2, -0.15) is 4.31 Å². The van der Waals surface area contributed by atoms with Crippen molar-refractivity contribution in [2.24, 2.45) is 0 Å². The van der Waals surface area contributed by atoms with Gasteiger partial charge in [-0.25, -0.2) is 13.4 Å². The standard InChI is InChI=1S/C13H21N3O3S/c1-3-12-10-19-7-6-16(12)20(17,18)13-5-4-11(8-14-2)9-15-13/h4-5,9,12,14H,3,6-8,10H2,1-2H3. The summed E-state index contributed by atoms with van der Waals surface area (Å²) in [6.07, 6.45) is 2.34. The number of hydrogen-bond acceptors (Lipinski definition) is 5. The summed E-state index contributed by atoms with van der Waals surface area (Å²) in [5.74, 6) is 0. The van der Waals surface area contributed by atoms with Gasteiger partial charge in [-0.05, 0) is 25.1 Å². The first-order valence-corrected chi connectivity index (χ1v) is 8.22. The largest absolute Gasteiger partial charge is 0.378 e. The fourth-order valence-electron chi connectivity index (χ4n) is 2.27. The first-order valence-electron chi connectivity index (χ1n) is 6.78. The SMILES string of the molecule is CCC1COCCN1S(=O)(=O)c1ccc(CNC)cn1. The summed E-state index contributed by atoms with van der Waals surface area (Å²) in [5.41, 5.74) is 0.959. The Bertz CT molecular complexity index is 530. The maximum atomic E-state index is 12.6. The van der Waals surface area contributed by atoms with Crippen LogP contribution < -0.4 is 5.32 Å². The van der Waals surface area contributed by atoms with Gasteiger partial charge in [-0.1, -0.05) is 13.0 Å². The maximum Gasteiger partial charge on any atom is 0.260 e. The lowest BCUT2D eigenvalue weighted by atomic mass is 10.2. The van der Waals surface area contributed by atoms with Crippen LogP contribution in [0.4, 0.5) is 0 Å². The molecule has 1 saturated heterocycles. The summed E-state index contributed by atoms with van der Waals surface area (Å²) in [4.78, 5) is 4.10. The van der Waals surface area contributed by atoms with Crippen LogP contribution >= 0.6 is 0 Å². The molecule has 0 saturated carbocycles. The van der Waals surface area contributed by atoms with Gasteiger partial charge >= 0.3 is 0 Å². The predicted octanol–water partition coefficient (Wildman–Crippen LogP) is 0.600. The van der Waals surface area contributed by atoms with Gasteiger partial charge in [0.1, 0.15) is 0 Å². The van der Waals surface area contributed by atoms with Crippen LogP contribution in [-0.4, -0.2) is 50.6 Å². The van der Waals surface area contributed by atoms with Gasteiger partial charge in [0, 0.05) is 25.3 Å². The zero-order valence-corrected chi connectivity index (χ0v) is 12.7. The van der Waals surface area contributed by atoms with E-state index >= 15 is 0 Å². The van der Waals surface area contributed by atoms with E-state index in [0.29, 0.717) is 26.3 Å². The quantitative estimate of drug-likeness (QED) is 0.862. The Labute approximate surface area is 120 Å². The summed E-state index contributed by atoms with van der Waals surface area (Å²) >= 11 is 0. The minimum atomic E-state index is -3.53. The lowest BCUT2D eigenvalue weighted by Gasteiger charge is -2.33. The predicted molar refractivity (Wildman–Crippen MR) is 75.8 cm³/mol. The highest BCUT2D eigenvalue weighted by Crippen LogP contribution is 2.20. The third-order valence-electron chi connectivity index (χ3n) is 3.40. The second kappa shape index (κ2) is 6.62. The van der Waals surface area contributed by atoms with E-state index in [1.165, 1.54) is 4.31 Å². The van der Waals surface area contributed by atoms with Crippen molar-refractivity contribution in [3.8, 4) is 0 Å². The fraction of sp³-hybridized carbons (Fsp3) is 0.615. The van der Waals surface area contributed by atoms with E-state index in [1.54, 1.807) is 18.3 Å². The van der Waals surface area contributed by atoms with Crippen LogP contribution in [0, 0.1) is 0 Å². The molecule has 1 N–H and O–H groups in total. The smallest absolute Gasteiger partial charge is 0.260 e. The van der Waals surface area contributed by atoms with Crippen LogP contribution in [-0.2, 0) is 21.3 Å². The molecule has 0 spiro atoms. The molecule has 1 aromatic rings. The van der Waals surface area contributed by atoms with E-state index in [-0.39, 0.29) is 11.1 Å². The molecule has 6 nitrogen and oxygen atoms in total. The number of pyridine rings is 1. The molecule has 1 atom stereocenters. The van der Waals surface area contributed by atoms with Crippen molar-refractivity contribution < 1.29 is 13.2 Å². The zero-order chi connectivity index (χ0) is 14.6. The van der Waals surface area contributed by atoms with Crippen LogP contribution in [0.3, 0.4) is 0 Å². The van der Waals surface area contributed by atoms with Gasteiger partial charge in [-0.15, -0.1) is 0 Å². The first-order chi connectivity index (χ1) is 9.59. The van der Waals surface area contributed by atoms with E-state index in [0.717, 1.165) is 12.0 Å². The van der Waals surface area contributed by atoms with Gasteiger partial charge in [-0.3, -0.25) is 0 Å². The molecule has 7 heteroatoms. The van der Waals surface area contributed by atoms with Crippen LogP contribution in [0.2, 0.25) is 0 Å². The topological polar surface area (TPSA) is 71.5 Å². The minimum absolute atomic E-state index is 0.104. The molecule has 20 heavy (non-hydrogen) atoms. The summed E-state index contributed by atoms with van der Waals surface area (Å²) in [5, 5.41) is 3.11. The molecule has 0 bridgehead atoms. The number of rotatable bonds is 5. The Morgan fingerprint density at radius 2 is 2.30 bits per heavy atom. The van der Waals surface area contributed by atoms with Crippen molar-refractivity contribution in [2.45, 2.75) is 31.0 Å². The van der Waals surface area contributed by atoms with Gasteiger partial charge < -0.3 is 10.1 Å². The molecular formula is C13H21N3O3S. The second-order valence-electron chi connectivity index (χ2n) is 4.79. The Kier molecular flexibility index (Phi) is 5.09. The van der Waals surface area contributed by atoms with Crippen molar-refractivity contribution >= 4 is 10.0 Å². The Morgan fingerprint density at radius 1 is 1.50 bits per heavy atom. The van der Waals surface area contributed by atoms with Gasteiger partial charge in [0.05, 0.1) is 13.2 Å². The molecule has 1 unspecified atom stereocenters. The highest BCUT2D eigenvalue weighted by Gasteiger charge is 2.33. The molecule has 1 aromatic heterocycles. The highest BCUT2D eigenvalue weighted by molar-refractivity contribution is 7.89. The van der Waals surface area contributed by atoms with Crippen molar-refractivity contribution in [2.75, 3.05) is 26.8 Å². The van der Waals surface area contributed by atoms with E-state index < -0.39 is 10.0 Å². The molecule has 112 valence electrons. The van der Waals surface area contributed by atoms with E-state index in [2.05, 4.69) is 10.3 Å². The third kappa shape index (κ3) is 3.17. The third-order valence-corrected chi connectivity index (χ3v) is 5.26. The van der Waals surface area contributed by atoms with E-state index in [1.807, 2.05) is 14.0 Å². The molecule has 1 fully saturated rings. The molecule has 0 amide bonds. The first kappa shape index (κ1) is 15.4. The summed E-state index contributed by atoms with van der Waals surface area (Å²) in [6.45, 7) is 3.91. The van der Waals surface area contributed by atoms with Crippen molar-refractivity contribution in [1.29, 1.82) is 0 Å². The van der Waals surface area contributed by atoms with E-state index in [9.17, 15) is 8.42 Å². The number of ether oxygens (including phenoxy) is 1. The number of aromatic nitrogens is 1. The normalized spacial score (nSPS) is 21.0. The van der Waals surface area contributed by atoms with Crippen LogP contribution in [0.15, 0.2) is 23.4 Å². The summed E-state index contributed by atoms with van der Waals surface area (Å²) < 4.78 is 32.1. The molecule has 2 rings (SSSR count). The molecule has 2 heterocycles. The molecule has 1 aliphatic heterocycles. The number of hydrogen-bond donors (Lipinski definition) is 1. The van der Waals surface area contributed by atoms with Crippen molar-refractivity contribution in [1.82, 2.24) is 14.6 Å². The number of morpholine rings is 1. The Balaban J connectivity index is 2.24. The Morgan fingerprint density at radius 3 is 2.90 bits per heavy atom. The van der Waals surface area contributed by atoms with Crippen LogP contribution in [0.5, 0.6) is 0 Å². The minimum Gasteiger partial charge on any atom is -0.378 e. The lowest BCUT2D eigenvalue weighted by Crippen LogP contribution is -2.48. The van der Waals surface area contributed by atoms with Gasteiger partial charge in [0.2, 0.25) is 0 Å². The molecule has 0 aliphatic carbocycles. The lowest BCUT2D eigenvalue weighted by molar-refractivity contribution is 0.0313. The summed E-state index contributed by atoms with van der Waals surface area (Å²) in [7, 11) is -1.70. The van der Waals surface area contributed by atoms with Crippen LogP contribution in [0.1, 0.15) is 18.9 Å². The molecule has 0 radical (unpaired) electrons. The van der Waals surface area contributed by atoms with Crippen molar-refractivity contribution in [3.63, 3.8) is 0 Å². The monoisotopic (exact) mass is 299 g/mol. The second-order valence-corrected chi connectivity index (χ2v) is 6.63. The highest BCUT2D eigenvalue weighted by atomic mass is 32.2. The fourth-order valence-corrected chi connectivity index (χ4v) is 3.85. The van der Waals surface area contributed by atoms with Crippen LogP contribution in [0.25, 0.3) is 0 Å². The maximum absolute atomic E-state index is 12.6. The summed E-state index contributed by atoms with van der Waals surface area (Å²) in [6, 6.07) is 3.26. The van der Waals surface area contributed by atoms with E-state index in [4.69, 9.17) is 4.74 Å². The van der Waals surface area contributed by atoms with Crippen molar-refractivity contribution in [3.05, 3.63) is 23.9 Å². The van der Waals surface area contributed by atoms with Gasteiger partial charge in [0.15, 0.2) is 5.03 Å².